The maximum Gasteiger partial charge on any atom is -0.0195 e. The highest BCUT2D eigenvalue weighted by atomic mass is 31.0. The average Bonchev–Trinajstić information content (AvgIpc) is 1.00. The van der Waals surface area contributed by atoms with E-state index in [1.54, 1.807) is 0 Å². The highest BCUT2D eigenvalue weighted by Gasteiger charge is 0.836. The number of hydrogen-bond donors (Lipinski definition) is 1. The van der Waals surface area contributed by atoms with Gasteiger partial charge in [0.05, 0.1) is 0 Å². The summed E-state index contributed by atoms with van der Waals surface area (Å²) in [6.07, 6.45) is 0. The van der Waals surface area contributed by atoms with Crippen molar-refractivity contribution in [1.29, 1.82) is 0 Å². The SMILES string of the molecule is CN.P.P. The number of rotatable bonds is 0. The molecule has 0 aromatic carbocycles. The van der Waals surface area contributed by atoms with Gasteiger partial charge in [-0.25, -0.2) is 0 Å². The van der Waals surface area contributed by atoms with Crippen LogP contribution in [0.2, 0.25) is 0 Å². The van der Waals surface area contributed by atoms with E-state index in [4.69, 9.17) is 0 Å². The van der Waals surface area contributed by atoms with E-state index in [9.17, 15) is 0 Å². The van der Waals surface area contributed by atoms with Gasteiger partial charge in [-0.05, 0) is 7.05 Å². The van der Waals surface area contributed by atoms with Crippen molar-refractivity contribution in [1.82, 2.24) is 0 Å². The van der Waals surface area contributed by atoms with E-state index in [0.29, 0.717) is 0 Å². The molecule has 0 heterocycles. The summed E-state index contributed by atoms with van der Waals surface area (Å²) in [6, 6.07) is 0. The fourth-order valence-electron chi connectivity index (χ4n) is 0. The Bertz CT molecular complexity index is 6.00. The molecule has 0 aliphatic carbocycles. The van der Waals surface area contributed by atoms with E-state index < -0.39 is 0 Å². The Labute approximate surface area is 33.6 Å². The molecule has 0 saturated carbocycles. The van der Waals surface area contributed by atoms with Gasteiger partial charge in [-0.2, -0.15) is 19.8 Å². The van der Waals surface area contributed by atoms with Gasteiger partial charge in [-0.3, -0.25) is 0 Å². The van der Waals surface area contributed by atoms with Crippen LogP contribution in [0.5, 0.6) is 0 Å². The van der Waals surface area contributed by atoms with Crippen molar-refractivity contribution < 1.29 is 0 Å². The molecule has 2 atom stereocenters. The first-order valence-electron chi connectivity index (χ1n) is 0.577. The fraction of sp³-hybridized carbons (Fsp3) is 1.00. The highest BCUT2D eigenvalue weighted by Crippen LogP contribution is 0.862. The van der Waals surface area contributed by atoms with Crippen molar-refractivity contribution in [2.75, 3.05) is 7.05 Å². The monoisotopic (exact) mass is 99.0 g/mol. The smallest absolute Gasteiger partial charge is 0.0195 e. The zero-order valence-electron chi connectivity index (χ0n) is 2.99. The third kappa shape index (κ3) is 13.9. The molecule has 1 nitrogen and oxygen atoms in total. The second kappa shape index (κ2) is 45.2. The van der Waals surface area contributed by atoms with Crippen molar-refractivity contribution in [2.45, 2.75) is 0 Å². The lowest BCUT2D eigenvalue weighted by Gasteiger charge is -1.19. The molecule has 30 valence electrons. The van der Waals surface area contributed by atoms with Crippen LogP contribution in [0.3, 0.4) is 0 Å². The summed E-state index contributed by atoms with van der Waals surface area (Å²) in [4.78, 5) is 0. The average molecular weight is 99.1 g/mol. The van der Waals surface area contributed by atoms with Gasteiger partial charge < -0.3 is 5.73 Å². The lowest BCUT2D eigenvalue weighted by Crippen LogP contribution is -1.69. The highest BCUT2D eigenvalue weighted by molar-refractivity contribution is 6.92. The Balaban J connectivity index is -0.00000000500. The zero-order chi connectivity index (χ0) is 2.00. The van der Waals surface area contributed by atoms with Gasteiger partial charge in [0, 0.05) is 0 Å². The summed E-state index contributed by atoms with van der Waals surface area (Å²) >= 11 is 0. The molecule has 0 radical (unpaired) electrons. The van der Waals surface area contributed by atoms with E-state index in [1.165, 1.54) is 7.05 Å². The molecular formula is CH11NP2. The molecule has 0 aromatic heterocycles. The van der Waals surface area contributed by atoms with E-state index in [1.807, 2.05) is 0 Å². The van der Waals surface area contributed by atoms with Gasteiger partial charge in [-0.15, -0.1) is 0 Å². The quantitative estimate of drug-likeness (QED) is 0.414. The Kier molecular flexibility index (Phi) is 240. The van der Waals surface area contributed by atoms with Crippen molar-refractivity contribution in [3.05, 3.63) is 0 Å². The van der Waals surface area contributed by atoms with E-state index in [0.717, 1.165) is 0 Å². The Morgan fingerprint density at radius 2 is 1.00 bits per heavy atom. The molecular weight excluding hydrogens is 88.0 g/mol. The summed E-state index contributed by atoms with van der Waals surface area (Å²) in [7, 11) is 1.50. The normalized spacial score (nSPS) is 1.50. The van der Waals surface area contributed by atoms with Crippen LogP contribution in [0.4, 0.5) is 0 Å². The molecule has 0 amide bonds. The first-order valence-corrected chi connectivity index (χ1v) is 0.577. The fourth-order valence-corrected chi connectivity index (χ4v) is 0. The minimum atomic E-state index is 0. The van der Waals surface area contributed by atoms with Gasteiger partial charge in [0.2, 0.25) is 0 Å². The van der Waals surface area contributed by atoms with E-state index >= 15 is 0 Å². The maximum absolute atomic E-state index is 4.50. The van der Waals surface area contributed by atoms with Crippen LogP contribution < -0.4 is 5.73 Å². The molecule has 0 rings (SSSR count). The lowest BCUT2D eigenvalue weighted by molar-refractivity contribution is 1.48. The lowest BCUT2D eigenvalue weighted by atomic mass is 11.6. The second-order valence-corrected chi connectivity index (χ2v) is 0. The van der Waals surface area contributed by atoms with Gasteiger partial charge in [0.15, 0.2) is 0 Å². The summed E-state index contributed by atoms with van der Waals surface area (Å²) in [5, 5.41) is 0. The van der Waals surface area contributed by atoms with Crippen molar-refractivity contribution in [3.63, 3.8) is 0 Å². The molecule has 0 aromatic rings. The summed E-state index contributed by atoms with van der Waals surface area (Å²) < 4.78 is 0. The molecule has 0 fully saturated rings. The van der Waals surface area contributed by atoms with Crippen LogP contribution >= 0.6 is 19.8 Å². The van der Waals surface area contributed by atoms with Gasteiger partial charge in [0.1, 0.15) is 0 Å². The maximum atomic E-state index is 4.50. The Morgan fingerprint density at radius 1 is 1.00 bits per heavy atom. The molecule has 4 heavy (non-hydrogen) atoms. The van der Waals surface area contributed by atoms with Crippen molar-refractivity contribution >= 4 is 19.8 Å². The van der Waals surface area contributed by atoms with E-state index in [-0.39, 0.29) is 19.8 Å². The molecule has 3 heteroatoms. The third-order valence-corrected chi connectivity index (χ3v) is 0. The van der Waals surface area contributed by atoms with Crippen molar-refractivity contribution in [2.24, 2.45) is 5.73 Å². The predicted molar refractivity (Wildman–Crippen MR) is 32.3 cm³/mol. The van der Waals surface area contributed by atoms with E-state index in [2.05, 4.69) is 5.73 Å². The van der Waals surface area contributed by atoms with Crippen LogP contribution in [-0.4, -0.2) is 7.05 Å². The van der Waals surface area contributed by atoms with Crippen molar-refractivity contribution in [3.8, 4) is 0 Å². The van der Waals surface area contributed by atoms with Gasteiger partial charge in [-0.1, -0.05) is 0 Å². The zero-order valence-corrected chi connectivity index (χ0v) is 5.82. The first-order chi connectivity index (χ1) is 1.00. The Hall–Kier alpha value is 0.820. The van der Waals surface area contributed by atoms with Crippen LogP contribution in [0.25, 0.3) is 0 Å². The first kappa shape index (κ1) is 21.2. The predicted octanol–water partition coefficient (Wildman–Crippen LogP) is -0.309. The minimum absolute atomic E-state index is 0. The van der Waals surface area contributed by atoms with Crippen LogP contribution in [0, 0.1) is 0 Å². The molecule has 2 N–H and O–H groups in total. The van der Waals surface area contributed by atoms with Gasteiger partial charge in [0.25, 0.3) is 0 Å². The second-order valence-electron chi connectivity index (χ2n) is 0. The summed E-state index contributed by atoms with van der Waals surface area (Å²) in [5.41, 5.74) is 4.50. The minimum Gasteiger partial charge on any atom is -0.333 e. The standard InChI is InChI=1S/CH5N.2H3P/c1-2;;/h2H2,1H3;2*1H3. The number of nitrogens with two attached hydrogens (primary N) is 1. The van der Waals surface area contributed by atoms with Crippen LogP contribution in [-0.2, 0) is 0 Å². The molecule has 0 saturated heterocycles. The molecule has 0 bridgehead atoms. The molecule has 0 spiro atoms. The van der Waals surface area contributed by atoms with Gasteiger partial charge >= 0.3 is 0 Å². The third-order valence-electron chi connectivity index (χ3n) is 0. The molecule has 2 unspecified atom stereocenters. The molecule has 0 aliphatic heterocycles. The molecule has 0 aliphatic rings. The summed E-state index contributed by atoms with van der Waals surface area (Å²) in [6.45, 7) is 0. The number of hydrogen-bond acceptors (Lipinski definition) is 1. The largest absolute Gasteiger partial charge is 0.333 e. The van der Waals surface area contributed by atoms with Crippen LogP contribution in [0.15, 0.2) is 0 Å². The topological polar surface area (TPSA) is 26.0 Å². The van der Waals surface area contributed by atoms with Crippen LogP contribution in [0.1, 0.15) is 0 Å². The Morgan fingerprint density at radius 3 is 1.00 bits per heavy atom. The summed E-state index contributed by atoms with van der Waals surface area (Å²) in [5.74, 6) is 0.